The van der Waals surface area contributed by atoms with Gasteiger partial charge in [0.1, 0.15) is 6.54 Å². The van der Waals surface area contributed by atoms with Crippen LogP contribution in [0.15, 0.2) is 36.4 Å². The minimum Gasteiger partial charge on any atom is -1.00 e. The van der Waals surface area contributed by atoms with Gasteiger partial charge in [0.05, 0.1) is 0 Å². The van der Waals surface area contributed by atoms with Gasteiger partial charge in [-0.2, -0.15) is 4.57 Å². The molecule has 0 aliphatic heterocycles. The van der Waals surface area contributed by atoms with E-state index in [9.17, 15) is 0 Å². The number of unbranched alkanes of at least 4 members (excludes halogenated alkanes) is 1. The molecular formula is C15H20ClN. The normalized spacial score (nSPS) is 10.2. The molecule has 0 bridgehead atoms. The van der Waals surface area contributed by atoms with Gasteiger partial charge in [-0.25, -0.2) is 0 Å². The van der Waals surface area contributed by atoms with Crippen molar-refractivity contribution in [2.24, 2.45) is 0 Å². The number of pyridine rings is 1. The Morgan fingerprint density at radius 1 is 1.00 bits per heavy atom. The molecule has 1 aromatic carbocycles. The van der Waals surface area contributed by atoms with E-state index in [1.807, 2.05) is 0 Å². The number of hydrogen-bond acceptors (Lipinski definition) is 0. The number of aryl methyl sites for hydroxylation is 2. The molecule has 0 aliphatic carbocycles. The Balaban J connectivity index is 0.00000144. The molecule has 92 valence electrons. The zero-order valence-electron chi connectivity index (χ0n) is 10.6. The zero-order chi connectivity index (χ0) is 11.4. The molecule has 0 radical (unpaired) electrons. The summed E-state index contributed by atoms with van der Waals surface area (Å²) in [5, 5.41) is 1.34. The van der Waals surface area contributed by atoms with E-state index in [-0.39, 0.29) is 12.4 Å². The van der Waals surface area contributed by atoms with Gasteiger partial charge in [0.2, 0.25) is 5.52 Å². The predicted molar refractivity (Wildman–Crippen MR) is 68.4 cm³/mol. The molecule has 0 fully saturated rings. The third-order valence-corrected chi connectivity index (χ3v) is 3.13. The molecule has 2 heteroatoms. The van der Waals surface area contributed by atoms with E-state index in [0.29, 0.717) is 0 Å². The Morgan fingerprint density at radius 2 is 1.76 bits per heavy atom. The number of halogens is 1. The summed E-state index contributed by atoms with van der Waals surface area (Å²) in [7, 11) is 0. The molecule has 0 saturated carbocycles. The number of nitrogens with zero attached hydrogens (tertiary/aromatic N) is 1. The van der Waals surface area contributed by atoms with Crippen LogP contribution in [0.3, 0.4) is 0 Å². The van der Waals surface area contributed by atoms with E-state index in [4.69, 9.17) is 0 Å². The van der Waals surface area contributed by atoms with Gasteiger partial charge >= 0.3 is 0 Å². The Labute approximate surface area is 110 Å². The van der Waals surface area contributed by atoms with Crippen LogP contribution in [0.4, 0.5) is 0 Å². The van der Waals surface area contributed by atoms with E-state index in [1.165, 1.54) is 29.4 Å². The average molecular weight is 250 g/mol. The number of fused-ring (bicyclic) bond motifs is 1. The number of aromatic nitrogens is 1. The lowest BCUT2D eigenvalue weighted by molar-refractivity contribution is -0.679. The van der Waals surface area contributed by atoms with Crippen molar-refractivity contribution in [2.75, 3.05) is 0 Å². The average Bonchev–Trinajstić information content (AvgIpc) is 2.35. The first kappa shape index (κ1) is 14.0. The number of benzene rings is 1. The van der Waals surface area contributed by atoms with Gasteiger partial charge in [-0.3, -0.25) is 0 Å². The summed E-state index contributed by atoms with van der Waals surface area (Å²) in [6, 6.07) is 13.2. The summed E-state index contributed by atoms with van der Waals surface area (Å²) in [6.45, 7) is 5.62. The van der Waals surface area contributed by atoms with Crippen LogP contribution in [-0.4, -0.2) is 0 Å². The SMILES string of the molecule is CCCC[n+]1c(CC)ccc2ccccc21.[Cl-]. The van der Waals surface area contributed by atoms with Gasteiger partial charge in [0.25, 0.3) is 0 Å². The lowest BCUT2D eigenvalue weighted by Crippen LogP contribution is -3.00. The molecule has 0 aliphatic rings. The van der Waals surface area contributed by atoms with Crippen molar-refractivity contribution in [2.45, 2.75) is 39.7 Å². The second-order valence-corrected chi connectivity index (χ2v) is 4.24. The highest BCUT2D eigenvalue weighted by molar-refractivity contribution is 5.75. The van der Waals surface area contributed by atoms with Crippen LogP contribution < -0.4 is 17.0 Å². The van der Waals surface area contributed by atoms with Crippen LogP contribution in [0, 0.1) is 0 Å². The maximum absolute atomic E-state index is 2.47. The maximum atomic E-state index is 2.47. The maximum Gasteiger partial charge on any atom is 0.212 e. The van der Waals surface area contributed by atoms with Crippen molar-refractivity contribution in [1.29, 1.82) is 0 Å². The number of para-hydroxylation sites is 1. The van der Waals surface area contributed by atoms with Crippen LogP contribution in [-0.2, 0) is 13.0 Å². The summed E-state index contributed by atoms with van der Waals surface area (Å²) < 4.78 is 2.47. The number of rotatable bonds is 4. The highest BCUT2D eigenvalue weighted by atomic mass is 35.5. The topological polar surface area (TPSA) is 3.88 Å². The minimum absolute atomic E-state index is 0. The van der Waals surface area contributed by atoms with Crippen LogP contribution in [0.1, 0.15) is 32.4 Å². The van der Waals surface area contributed by atoms with Crippen molar-refractivity contribution < 1.29 is 17.0 Å². The fourth-order valence-electron chi connectivity index (χ4n) is 2.19. The second kappa shape index (κ2) is 6.61. The first-order valence-electron chi connectivity index (χ1n) is 6.27. The minimum atomic E-state index is 0. The third-order valence-electron chi connectivity index (χ3n) is 3.13. The fourth-order valence-corrected chi connectivity index (χ4v) is 2.19. The van der Waals surface area contributed by atoms with E-state index in [1.54, 1.807) is 0 Å². The summed E-state index contributed by atoms with van der Waals surface area (Å²) in [5.41, 5.74) is 2.81. The molecule has 0 N–H and O–H groups in total. The molecule has 1 heterocycles. The summed E-state index contributed by atoms with van der Waals surface area (Å²) in [5.74, 6) is 0. The first-order chi connectivity index (χ1) is 7.86. The smallest absolute Gasteiger partial charge is 0.212 e. The quantitative estimate of drug-likeness (QED) is 0.695. The molecular weight excluding hydrogens is 230 g/mol. The van der Waals surface area contributed by atoms with Crippen LogP contribution in [0.5, 0.6) is 0 Å². The fraction of sp³-hybridized carbons (Fsp3) is 0.400. The molecule has 0 atom stereocenters. The Morgan fingerprint density at radius 3 is 2.47 bits per heavy atom. The first-order valence-corrected chi connectivity index (χ1v) is 6.27. The summed E-state index contributed by atoms with van der Waals surface area (Å²) >= 11 is 0. The van der Waals surface area contributed by atoms with E-state index >= 15 is 0 Å². The zero-order valence-corrected chi connectivity index (χ0v) is 11.4. The van der Waals surface area contributed by atoms with Gasteiger partial charge in [-0.15, -0.1) is 0 Å². The Kier molecular flexibility index (Phi) is 5.43. The van der Waals surface area contributed by atoms with Crippen molar-refractivity contribution in [3.8, 4) is 0 Å². The van der Waals surface area contributed by atoms with Crippen molar-refractivity contribution in [1.82, 2.24) is 0 Å². The summed E-state index contributed by atoms with van der Waals surface area (Å²) in [6.07, 6.45) is 3.61. The van der Waals surface area contributed by atoms with Crippen molar-refractivity contribution in [3.05, 3.63) is 42.1 Å². The van der Waals surface area contributed by atoms with Crippen molar-refractivity contribution in [3.63, 3.8) is 0 Å². The molecule has 17 heavy (non-hydrogen) atoms. The van der Waals surface area contributed by atoms with E-state index in [2.05, 4.69) is 54.8 Å². The molecule has 0 saturated heterocycles. The highest BCUT2D eigenvalue weighted by Crippen LogP contribution is 2.11. The third kappa shape index (κ3) is 2.98. The standard InChI is InChI=1S/C15H20N.ClH/c1-3-5-12-16-14(4-2)11-10-13-8-6-7-9-15(13)16;/h6-11H,3-5,12H2,1-2H3;1H/q+1;/p-1. The lowest BCUT2D eigenvalue weighted by Gasteiger charge is -2.05. The van der Waals surface area contributed by atoms with Crippen LogP contribution >= 0.6 is 0 Å². The van der Waals surface area contributed by atoms with Crippen LogP contribution in [0.25, 0.3) is 10.9 Å². The van der Waals surface area contributed by atoms with Gasteiger partial charge < -0.3 is 12.4 Å². The molecule has 1 aromatic heterocycles. The van der Waals surface area contributed by atoms with Gasteiger partial charge in [-0.05, 0) is 12.1 Å². The highest BCUT2D eigenvalue weighted by Gasteiger charge is 2.12. The molecule has 0 spiro atoms. The lowest BCUT2D eigenvalue weighted by atomic mass is 10.1. The van der Waals surface area contributed by atoms with Crippen molar-refractivity contribution >= 4 is 10.9 Å². The van der Waals surface area contributed by atoms with E-state index in [0.717, 1.165) is 13.0 Å². The second-order valence-electron chi connectivity index (χ2n) is 4.24. The largest absolute Gasteiger partial charge is 1.00 e. The van der Waals surface area contributed by atoms with Gasteiger partial charge in [0, 0.05) is 30.4 Å². The monoisotopic (exact) mass is 249 g/mol. The van der Waals surface area contributed by atoms with Crippen LogP contribution in [0.2, 0.25) is 0 Å². The van der Waals surface area contributed by atoms with Gasteiger partial charge in [-0.1, -0.05) is 32.4 Å². The van der Waals surface area contributed by atoms with Gasteiger partial charge in [0.15, 0.2) is 5.69 Å². The molecule has 0 amide bonds. The van der Waals surface area contributed by atoms with E-state index < -0.39 is 0 Å². The predicted octanol–water partition coefficient (Wildman–Crippen LogP) is 0.494. The summed E-state index contributed by atoms with van der Waals surface area (Å²) in [4.78, 5) is 0. The molecule has 1 nitrogen and oxygen atoms in total. The molecule has 0 unspecified atom stereocenters. The Bertz CT molecular complexity index is 479. The molecule has 2 aromatic rings. The molecule has 2 rings (SSSR count). The Hall–Kier alpha value is -1.08. The number of hydrogen-bond donors (Lipinski definition) is 0.